The fourth-order valence-corrected chi connectivity index (χ4v) is 2.68. The van der Waals surface area contributed by atoms with Gasteiger partial charge in [-0.2, -0.15) is 0 Å². The van der Waals surface area contributed by atoms with Crippen LogP contribution in [0.15, 0.2) is 6.33 Å². The lowest BCUT2D eigenvalue weighted by Crippen LogP contribution is -2.47. The fourth-order valence-electron chi connectivity index (χ4n) is 2.68. The van der Waals surface area contributed by atoms with Gasteiger partial charge in [0.25, 0.3) is 0 Å². The largest absolute Gasteiger partial charge is 0.332 e. The van der Waals surface area contributed by atoms with Crippen LogP contribution in [0.4, 0.5) is 0 Å². The van der Waals surface area contributed by atoms with Crippen LogP contribution in [-0.4, -0.2) is 62.7 Å². The Morgan fingerprint density at radius 2 is 2.11 bits per heavy atom. The molecule has 0 saturated carbocycles. The number of fused-ring (bicyclic) bond motifs is 1. The molecular formula is C12H20N6O. The van der Waals surface area contributed by atoms with Crippen molar-refractivity contribution >= 4 is 5.91 Å². The first kappa shape index (κ1) is 12.6. The van der Waals surface area contributed by atoms with E-state index in [2.05, 4.69) is 15.1 Å². The molecule has 0 aromatic carbocycles. The predicted octanol–water partition coefficient (Wildman–Crippen LogP) is -0.957. The van der Waals surface area contributed by atoms with E-state index in [0.717, 1.165) is 44.8 Å². The van der Waals surface area contributed by atoms with Gasteiger partial charge in [0, 0.05) is 32.2 Å². The molecule has 1 aromatic heterocycles. The van der Waals surface area contributed by atoms with E-state index < -0.39 is 0 Å². The number of aromatic nitrogens is 3. The van der Waals surface area contributed by atoms with E-state index >= 15 is 0 Å². The van der Waals surface area contributed by atoms with Crippen molar-refractivity contribution in [1.29, 1.82) is 0 Å². The van der Waals surface area contributed by atoms with Crippen molar-refractivity contribution in [1.82, 2.24) is 24.6 Å². The molecule has 1 aromatic rings. The molecule has 0 bridgehead atoms. The minimum atomic E-state index is 0.185. The first-order chi connectivity index (χ1) is 9.22. The highest BCUT2D eigenvalue weighted by Crippen LogP contribution is 2.12. The van der Waals surface area contributed by atoms with E-state index in [1.54, 1.807) is 6.33 Å². The molecule has 0 atom stereocenters. The molecule has 3 rings (SSSR count). The molecule has 2 aliphatic heterocycles. The maximum absolute atomic E-state index is 12.3. The van der Waals surface area contributed by atoms with Gasteiger partial charge in [-0.3, -0.25) is 9.69 Å². The minimum absolute atomic E-state index is 0.185. The molecule has 0 spiro atoms. The molecule has 1 amide bonds. The molecule has 1 fully saturated rings. The molecule has 19 heavy (non-hydrogen) atoms. The molecule has 7 nitrogen and oxygen atoms in total. The molecular weight excluding hydrogens is 244 g/mol. The van der Waals surface area contributed by atoms with Gasteiger partial charge in [0.1, 0.15) is 6.33 Å². The maximum atomic E-state index is 12.3. The Balaban J connectivity index is 1.54. The zero-order valence-corrected chi connectivity index (χ0v) is 11.0. The Morgan fingerprint density at radius 1 is 1.32 bits per heavy atom. The van der Waals surface area contributed by atoms with Gasteiger partial charge in [0.2, 0.25) is 5.91 Å². The van der Waals surface area contributed by atoms with Crippen LogP contribution in [0.3, 0.4) is 0 Å². The second-order valence-electron chi connectivity index (χ2n) is 5.37. The Morgan fingerprint density at radius 3 is 2.89 bits per heavy atom. The molecule has 0 aliphatic carbocycles. The Kier molecular flexibility index (Phi) is 3.48. The summed E-state index contributed by atoms with van der Waals surface area (Å²) in [7, 11) is 0. The number of nitrogens with two attached hydrogens (primary N) is 1. The van der Waals surface area contributed by atoms with Crippen molar-refractivity contribution < 1.29 is 4.79 Å². The summed E-state index contributed by atoms with van der Waals surface area (Å²) >= 11 is 0. The van der Waals surface area contributed by atoms with Crippen molar-refractivity contribution in [3.05, 3.63) is 12.2 Å². The van der Waals surface area contributed by atoms with Gasteiger partial charge in [0.05, 0.1) is 13.1 Å². The lowest BCUT2D eigenvalue weighted by atomic mass is 10.1. The monoisotopic (exact) mass is 264 g/mol. The summed E-state index contributed by atoms with van der Waals surface area (Å²) in [6, 6.07) is 0.305. The van der Waals surface area contributed by atoms with E-state index in [9.17, 15) is 4.79 Å². The Labute approximate surface area is 112 Å². The number of nitrogens with zero attached hydrogens (tertiary/aromatic N) is 5. The third-order valence-corrected chi connectivity index (χ3v) is 3.98. The predicted molar refractivity (Wildman–Crippen MR) is 69.1 cm³/mol. The lowest BCUT2D eigenvalue weighted by Gasteiger charge is -2.33. The first-order valence-corrected chi connectivity index (χ1v) is 6.85. The van der Waals surface area contributed by atoms with Crippen molar-refractivity contribution in [2.24, 2.45) is 5.73 Å². The maximum Gasteiger partial charge on any atom is 0.237 e. The van der Waals surface area contributed by atoms with Crippen molar-refractivity contribution in [3.63, 3.8) is 0 Å². The highest BCUT2D eigenvalue weighted by atomic mass is 16.2. The van der Waals surface area contributed by atoms with Gasteiger partial charge in [-0.25, -0.2) is 0 Å². The SMILES string of the molecule is NC1CCN(CC(=O)N2CCn3cnnc3C2)CC1. The van der Waals surface area contributed by atoms with Crippen LogP contribution in [0.25, 0.3) is 0 Å². The summed E-state index contributed by atoms with van der Waals surface area (Å²) in [6.07, 6.45) is 3.70. The summed E-state index contributed by atoms with van der Waals surface area (Å²) in [5, 5.41) is 7.91. The fraction of sp³-hybridized carbons (Fsp3) is 0.750. The summed E-state index contributed by atoms with van der Waals surface area (Å²) < 4.78 is 2.00. The average molecular weight is 264 g/mol. The van der Waals surface area contributed by atoms with E-state index in [4.69, 9.17) is 5.73 Å². The highest BCUT2D eigenvalue weighted by Gasteiger charge is 2.24. The summed E-state index contributed by atoms with van der Waals surface area (Å²) in [6.45, 7) is 4.47. The average Bonchev–Trinajstić information content (AvgIpc) is 2.88. The van der Waals surface area contributed by atoms with Crippen LogP contribution in [0.5, 0.6) is 0 Å². The Hall–Kier alpha value is -1.47. The standard InChI is InChI=1S/C12H20N6O/c13-10-1-3-16(4-2-10)8-12(19)17-5-6-18-9-14-15-11(18)7-17/h9-10H,1-8,13H2. The number of likely N-dealkylation sites (tertiary alicyclic amines) is 1. The van der Waals surface area contributed by atoms with Gasteiger partial charge >= 0.3 is 0 Å². The molecule has 104 valence electrons. The molecule has 0 radical (unpaired) electrons. The summed E-state index contributed by atoms with van der Waals surface area (Å²) in [5.41, 5.74) is 5.87. The number of hydrogen-bond acceptors (Lipinski definition) is 5. The van der Waals surface area contributed by atoms with Crippen molar-refractivity contribution in [3.8, 4) is 0 Å². The number of amides is 1. The number of hydrogen-bond donors (Lipinski definition) is 1. The van der Waals surface area contributed by atoms with Crippen LogP contribution in [0.1, 0.15) is 18.7 Å². The third kappa shape index (κ3) is 2.76. The highest BCUT2D eigenvalue weighted by molar-refractivity contribution is 5.78. The second-order valence-corrected chi connectivity index (χ2v) is 5.37. The zero-order valence-electron chi connectivity index (χ0n) is 11.0. The summed E-state index contributed by atoms with van der Waals surface area (Å²) in [5.74, 6) is 1.06. The van der Waals surface area contributed by atoms with Crippen LogP contribution in [-0.2, 0) is 17.9 Å². The van der Waals surface area contributed by atoms with Crippen molar-refractivity contribution in [2.75, 3.05) is 26.2 Å². The molecule has 0 unspecified atom stereocenters. The van der Waals surface area contributed by atoms with Gasteiger partial charge in [-0.1, -0.05) is 0 Å². The van der Waals surface area contributed by atoms with Crippen LogP contribution in [0, 0.1) is 0 Å². The second kappa shape index (κ2) is 5.26. The quantitative estimate of drug-likeness (QED) is 0.744. The lowest BCUT2D eigenvalue weighted by molar-refractivity contribution is -0.134. The topological polar surface area (TPSA) is 80.3 Å². The van der Waals surface area contributed by atoms with Crippen molar-refractivity contribution in [2.45, 2.75) is 32.0 Å². The number of rotatable bonds is 2. The Bertz CT molecular complexity index is 451. The molecule has 7 heteroatoms. The normalized spacial score (nSPS) is 21.4. The van der Waals surface area contributed by atoms with Gasteiger partial charge in [0.15, 0.2) is 5.82 Å². The van der Waals surface area contributed by atoms with Gasteiger partial charge in [-0.15, -0.1) is 10.2 Å². The first-order valence-electron chi connectivity index (χ1n) is 6.85. The zero-order chi connectivity index (χ0) is 13.2. The van der Waals surface area contributed by atoms with E-state index in [0.29, 0.717) is 19.1 Å². The molecule has 2 aliphatic rings. The van der Waals surface area contributed by atoms with E-state index in [1.807, 2.05) is 9.47 Å². The number of carbonyl (C=O) groups excluding carboxylic acids is 1. The van der Waals surface area contributed by atoms with Gasteiger partial charge in [-0.05, 0) is 12.8 Å². The molecule has 3 heterocycles. The summed E-state index contributed by atoms with van der Waals surface area (Å²) in [4.78, 5) is 16.3. The smallest absolute Gasteiger partial charge is 0.237 e. The third-order valence-electron chi connectivity index (χ3n) is 3.98. The van der Waals surface area contributed by atoms with E-state index in [1.165, 1.54) is 0 Å². The molecule has 1 saturated heterocycles. The van der Waals surface area contributed by atoms with E-state index in [-0.39, 0.29) is 5.91 Å². The minimum Gasteiger partial charge on any atom is -0.332 e. The number of carbonyl (C=O) groups is 1. The van der Waals surface area contributed by atoms with Crippen LogP contribution in [0.2, 0.25) is 0 Å². The van der Waals surface area contributed by atoms with Gasteiger partial charge < -0.3 is 15.2 Å². The van der Waals surface area contributed by atoms with Crippen LogP contribution >= 0.6 is 0 Å². The van der Waals surface area contributed by atoms with Crippen LogP contribution < -0.4 is 5.73 Å². The number of piperidine rings is 1. The molecule has 2 N–H and O–H groups in total.